The number of hydrogen-bond acceptors (Lipinski definition) is 5. The van der Waals surface area contributed by atoms with E-state index in [9.17, 15) is 4.79 Å². The van der Waals surface area contributed by atoms with E-state index in [0.29, 0.717) is 24.5 Å². The molecule has 1 aliphatic heterocycles. The summed E-state index contributed by atoms with van der Waals surface area (Å²) in [4.78, 5) is 25.6. The average molecular weight is 340 g/mol. The van der Waals surface area contributed by atoms with E-state index in [1.807, 2.05) is 36.9 Å². The van der Waals surface area contributed by atoms with Crippen LogP contribution in [0.2, 0.25) is 0 Å². The number of aromatic nitrogens is 2. The highest BCUT2D eigenvalue weighted by molar-refractivity contribution is 5.95. The summed E-state index contributed by atoms with van der Waals surface area (Å²) in [7, 11) is 3.76. The zero-order valence-corrected chi connectivity index (χ0v) is 15.2. The van der Waals surface area contributed by atoms with Crippen LogP contribution >= 0.6 is 0 Å². The lowest BCUT2D eigenvalue weighted by Gasteiger charge is -2.40. The van der Waals surface area contributed by atoms with Gasteiger partial charge in [-0.05, 0) is 27.0 Å². The van der Waals surface area contributed by atoms with Crippen LogP contribution in [-0.4, -0.2) is 59.5 Å². The van der Waals surface area contributed by atoms with Crippen LogP contribution in [0.15, 0.2) is 30.5 Å². The van der Waals surface area contributed by atoms with Gasteiger partial charge in [-0.1, -0.05) is 18.2 Å². The molecule has 132 valence electrons. The molecule has 0 aliphatic carbocycles. The molecule has 0 radical (unpaired) electrons. The van der Waals surface area contributed by atoms with Gasteiger partial charge >= 0.3 is 0 Å². The molecule has 1 aliphatic rings. The molecule has 0 N–H and O–H groups in total. The largest absolute Gasteiger partial charge is 0.496 e. The number of nitrogens with zero attached hydrogens (tertiary/aromatic N) is 4. The van der Waals surface area contributed by atoms with Crippen LogP contribution in [0.3, 0.4) is 0 Å². The average Bonchev–Trinajstić information content (AvgIpc) is 2.61. The van der Waals surface area contributed by atoms with Gasteiger partial charge in [0.25, 0.3) is 5.91 Å². The van der Waals surface area contributed by atoms with Crippen LogP contribution in [0.4, 0.5) is 0 Å². The summed E-state index contributed by atoms with van der Waals surface area (Å²) in [5.74, 6) is 1.52. The van der Waals surface area contributed by atoms with Gasteiger partial charge in [0.05, 0.1) is 24.4 Å². The van der Waals surface area contributed by atoms with E-state index >= 15 is 0 Å². The number of para-hydroxylation sites is 1. The van der Waals surface area contributed by atoms with Gasteiger partial charge in [0.1, 0.15) is 11.6 Å². The molecule has 0 bridgehead atoms. The predicted molar refractivity (Wildman–Crippen MR) is 95.8 cm³/mol. The minimum absolute atomic E-state index is 0.00880. The molecule has 0 spiro atoms. The zero-order chi connectivity index (χ0) is 18.0. The highest BCUT2D eigenvalue weighted by Gasteiger charge is 2.31. The van der Waals surface area contributed by atoms with Gasteiger partial charge in [-0.15, -0.1) is 0 Å². The molecule has 1 aromatic carbocycles. The maximum absolute atomic E-state index is 13.0. The normalized spacial score (nSPS) is 18.2. The molecule has 1 fully saturated rings. The van der Waals surface area contributed by atoms with Gasteiger partial charge in [-0.25, -0.2) is 9.97 Å². The van der Waals surface area contributed by atoms with E-state index in [1.165, 1.54) is 0 Å². The molecule has 0 unspecified atom stereocenters. The molecule has 1 saturated heterocycles. The van der Waals surface area contributed by atoms with Crippen LogP contribution in [0.25, 0.3) is 0 Å². The standard InChI is InChI=1S/C19H24N4O2/c1-13-16(11-20-14(2)21-13)19(24)23-10-9-22(3)17(12-23)15-7-5-6-8-18(15)25-4/h5-8,11,17H,9-10,12H2,1-4H3/t17-/m0/s1. The Kier molecular flexibility index (Phi) is 4.99. The first-order valence-corrected chi connectivity index (χ1v) is 8.44. The van der Waals surface area contributed by atoms with E-state index in [2.05, 4.69) is 28.0 Å². The number of amides is 1. The van der Waals surface area contributed by atoms with Crippen molar-refractivity contribution in [2.24, 2.45) is 0 Å². The fourth-order valence-electron chi connectivity index (χ4n) is 3.30. The molecular weight excluding hydrogens is 316 g/mol. The Bertz CT molecular complexity index is 778. The molecular formula is C19H24N4O2. The summed E-state index contributed by atoms with van der Waals surface area (Å²) in [5, 5.41) is 0. The molecule has 1 aromatic heterocycles. The van der Waals surface area contributed by atoms with Gasteiger partial charge in [-0.2, -0.15) is 0 Å². The Labute approximate surface area is 148 Å². The number of likely N-dealkylation sites (N-methyl/N-ethyl adjacent to an activating group) is 1. The maximum Gasteiger partial charge on any atom is 0.257 e. The number of aryl methyl sites for hydroxylation is 2. The Balaban J connectivity index is 1.86. The van der Waals surface area contributed by atoms with Crippen LogP contribution in [0.5, 0.6) is 5.75 Å². The van der Waals surface area contributed by atoms with Crippen molar-refractivity contribution in [1.82, 2.24) is 19.8 Å². The van der Waals surface area contributed by atoms with Crippen molar-refractivity contribution in [3.8, 4) is 5.75 Å². The smallest absolute Gasteiger partial charge is 0.257 e. The first kappa shape index (κ1) is 17.4. The Hall–Kier alpha value is -2.47. The van der Waals surface area contributed by atoms with Crippen molar-refractivity contribution < 1.29 is 9.53 Å². The van der Waals surface area contributed by atoms with E-state index in [4.69, 9.17) is 4.74 Å². The first-order chi connectivity index (χ1) is 12.0. The van der Waals surface area contributed by atoms with Gasteiger partial charge < -0.3 is 9.64 Å². The van der Waals surface area contributed by atoms with Gasteiger partial charge in [0, 0.05) is 31.4 Å². The van der Waals surface area contributed by atoms with Crippen molar-refractivity contribution in [2.45, 2.75) is 19.9 Å². The highest BCUT2D eigenvalue weighted by atomic mass is 16.5. The van der Waals surface area contributed by atoms with Crippen molar-refractivity contribution in [3.63, 3.8) is 0 Å². The lowest BCUT2D eigenvalue weighted by atomic mass is 10.0. The van der Waals surface area contributed by atoms with Gasteiger partial charge in [0.2, 0.25) is 0 Å². The first-order valence-electron chi connectivity index (χ1n) is 8.44. The quantitative estimate of drug-likeness (QED) is 0.857. The van der Waals surface area contributed by atoms with E-state index in [-0.39, 0.29) is 11.9 Å². The maximum atomic E-state index is 13.0. The molecule has 1 atom stereocenters. The summed E-state index contributed by atoms with van der Waals surface area (Å²) >= 11 is 0. The van der Waals surface area contributed by atoms with Crippen molar-refractivity contribution in [2.75, 3.05) is 33.8 Å². The zero-order valence-electron chi connectivity index (χ0n) is 15.2. The summed E-state index contributed by atoms with van der Waals surface area (Å²) in [5.41, 5.74) is 2.40. The van der Waals surface area contributed by atoms with E-state index in [0.717, 1.165) is 23.6 Å². The molecule has 2 heterocycles. The summed E-state index contributed by atoms with van der Waals surface area (Å²) in [6.07, 6.45) is 1.64. The van der Waals surface area contributed by atoms with Crippen molar-refractivity contribution >= 4 is 5.91 Å². The number of hydrogen-bond donors (Lipinski definition) is 0. The van der Waals surface area contributed by atoms with Crippen molar-refractivity contribution in [3.05, 3.63) is 53.1 Å². The fraction of sp³-hybridized carbons (Fsp3) is 0.421. The second kappa shape index (κ2) is 7.19. The third kappa shape index (κ3) is 3.49. The summed E-state index contributed by atoms with van der Waals surface area (Å²) < 4.78 is 5.51. The molecule has 6 nitrogen and oxygen atoms in total. The number of methoxy groups -OCH3 is 1. The Morgan fingerprint density at radius 2 is 2.00 bits per heavy atom. The van der Waals surface area contributed by atoms with Crippen LogP contribution < -0.4 is 4.74 Å². The highest BCUT2D eigenvalue weighted by Crippen LogP contribution is 2.31. The number of benzene rings is 1. The second-order valence-corrected chi connectivity index (χ2v) is 6.41. The number of piperazine rings is 1. The fourth-order valence-corrected chi connectivity index (χ4v) is 3.30. The molecule has 0 saturated carbocycles. The molecule has 2 aromatic rings. The third-order valence-corrected chi connectivity index (χ3v) is 4.76. The lowest BCUT2D eigenvalue weighted by molar-refractivity contribution is 0.0540. The monoisotopic (exact) mass is 340 g/mol. The summed E-state index contributed by atoms with van der Waals surface area (Å²) in [6.45, 7) is 5.79. The summed E-state index contributed by atoms with van der Waals surface area (Å²) in [6, 6.07) is 8.09. The SMILES string of the molecule is COc1ccccc1[C@@H]1CN(C(=O)c2cnc(C)nc2C)CCN1C. The van der Waals surface area contributed by atoms with Gasteiger partial charge in [-0.3, -0.25) is 9.69 Å². The van der Waals surface area contributed by atoms with E-state index in [1.54, 1.807) is 13.3 Å². The second-order valence-electron chi connectivity index (χ2n) is 6.41. The minimum atomic E-state index is -0.00880. The number of carbonyl (C=O) groups is 1. The van der Waals surface area contributed by atoms with Gasteiger partial charge in [0.15, 0.2) is 0 Å². The third-order valence-electron chi connectivity index (χ3n) is 4.76. The van der Waals surface area contributed by atoms with Crippen LogP contribution in [-0.2, 0) is 0 Å². The molecule has 1 amide bonds. The minimum Gasteiger partial charge on any atom is -0.496 e. The predicted octanol–water partition coefficient (Wildman–Crippen LogP) is 2.23. The number of rotatable bonds is 3. The van der Waals surface area contributed by atoms with Crippen LogP contribution in [0, 0.1) is 13.8 Å². The topological polar surface area (TPSA) is 58.6 Å². The molecule has 25 heavy (non-hydrogen) atoms. The van der Waals surface area contributed by atoms with E-state index < -0.39 is 0 Å². The lowest BCUT2D eigenvalue weighted by Crippen LogP contribution is -2.49. The number of carbonyl (C=O) groups excluding carboxylic acids is 1. The van der Waals surface area contributed by atoms with Crippen molar-refractivity contribution in [1.29, 1.82) is 0 Å². The Morgan fingerprint density at radius 3 is 2.72 bits per heavy atom. The van der Waals surface area contributed by atoms with Crippen LogP contribution in [0.1, 0.15) is 33.5 Å². The Morgan fingerprint density at radius 1 is 1.24 bits per heavy atom. The molecule has 6 heteroatoms. The number of ether oxygens (including phenoxy) is 1. The molecule has 3 rings (SSSR count).